The summed E-state index contributed by atoms with van der Waals surface area (Å²) in [6.45, 7) is 3.36. The minimum Gasteiger partial charge on any atom is -0.495 e. The zero-order valence-electron chi connectivity index (χ0n) is 18.8. The Kier molecular flexibility index (Phi) is 6.83. The second-order valence-electron chi connectivity index (χ2n) is 8.64. The lowest BCUT2D eigenvalue weighted by Gasteiger charge is -2.43. The molecule has 3 fully saturated rings. The smallest absolute Gasteiger partial charge is 0.324 e. The van der Waals surface area contributed by atoms with Gasteiger partial charge in [-0.15, -0.1) is 0 Å². The summed E-state index contributed by atoms with van der Waals surface area (Å²) in [5, 5.41) is 2.95. The highest BCUT2D eigenvalue weighted by molar-refractivity contribution is 5.99. The van der Waals surface area contributed by atoms with Crippen molar-refractivity contribution in [2.24, 2.45) is 11.8 Å². The van der Waals surface area contributed by atoms with Crippen molar-refractivity contribution < 1.29 is 23.9 Å². The second-order valence-corrected chi connectivity index (χ2v) is 8.64. The van der Waals surface area contributed by atoms with Gasteiger partial charge >= 0.3 is 6.03 Å². The first kappa shape index (κ1) is 22.4. The van der Waals surface area contributed by atoms with Crippen molar-refractivity contribution in [2.75, 3.05) is 58.5 Å². The van der Waals surface area contributed by atoms with Gasteiger partial charge in [-0.1, -0.05) is 12.1 Å². The summed E-state index contributed by atoms with van der Waals surface area (Å²) >= 11 is 0. The Morgan fingerprint density at radius 3 is 2.56 bits per heavy atom. The fraction of sp³-hybridized carbons (Fsp3) is 0.609. The number of carbonyl (C=O) groups is 3. The standard InChI is InChI=1S/C23H32N4O5/c1-31-14-13-27-22(29)17-8-7-16(15-18(17)24-23(27)30)21(28)26-11-9-25(10-12-26)19-5-3-4-6-20(19)32-2/h3-6,16-18H,7-15H2,1-2H3,(H,24,30). The highest BCUT2D eigenvalue weighted by atomic mass is 16.5. The molecule has 4 amide bonds. The molecule has 2 aliphatic heterocycles. The molecule has 9 nitrogen and oxygen atoms in total. The lowest BCUT2D eigenvalue weighted by molar-refractivity contribution is -0.143. The molecule has 1 aromatic carbocycles. The summed E-state index contributed by atoms with van der Waals surface area (Å²) in [6, 6.07) is 7.27. The van der Waals surface area contributed by atoms with Crippen LogP contribution in [0.4, 0.5) is 10.5 Å². The molecule has 174 valence electrons. The van der Waals surface area contributed by atoms with Crippen LogP contribution in [0, 0.1) is 11.8 Å². The molecule has 9 heteroatoms. The molecule has 0 bridgehead atoms. The van der Waals surface area contributed by atoms with Gasteiger partial charge < -0.3 is 24.6 Å². The first-order valence-corrected chi connectivity index (χ1v) is 11.3. The molecule has 1 aromatic rings. The Hall–Kier alpha value is -2.81. The predicted octanol–water partition coefficient (Wildman–Crippen LogP) is 1.33. The van der Waals surface area contributed by atoms with Crippen LogP contribution in [0.5, 0.6) is 5.75 Å². The maximum absolute atomic E-state index is 13.2. The largest absolute Gasteiger partial charge is 0.495 e. The van der Waals surface area contributed by atoms with Crippen molar-refractivity contribution in [1.29, 1.82) is 0 Å². The molecule has 1 aliphatic carbocycles. The van der Waals surface area contributed by atoms with Crippen LogP contribution in [-0.4, -0.2) is 87.2 Å². The van der Waals surface area contributed by atoms with E-state index >= 15 is 0 Å². The van der Waals surface area contributed by atoms with Gasteiger partial charge in [0.2, 0.25) is 11.8 Å². The number of para-hydroxylation sites is 2. The van der Waals surface area contributed by atoms with Crippen molar-refractivity contribution in [3.8, 4) is 5.75 Å². The molecular weight excluding hydrogens is 412 g/mol. The maximum atomic E-state index is 13.2. The van der Waals surface area contributed by atoms with Crippen LogP contribution >= 0.6 is 0 Å². The minimum absolute atomic E-state index is 0.131. The van der Waals surface area contributed by atoms with Crippen LogP contribution in [0.1, 0.15) is 19.3 Å². The van der Waals surface area contributed by atoms with Crippen LogP contribution in [0.3, 0.4) is 0 Å². The van der Waals surface area contributed by atoms with E-state index in [0.717, 1.165) is 24.5 Å². The Bertz CT molecular complexity index is 855. The third kappa shape index (κ3) is 4.39. The van der Waals surface area contributed by atoms with Crippen LogP contribution in [0.2, 0.25) is 0 Å². The van der Waals surface area contributed by atoms with E-state index in [1.165, 1.54) is 4.90 Å². The van der Waals surface area contributed by atoms with Crippen LogP contribution < -0.4 is 15.0 Å². The third-order valence-corrected chi connectivity index (χ3v) is 6.87. The quantitative estimate of drug-likeness (QED) is 0.712. The summed E-state index contributed by atoms with van der Waals surface area (Å²) in [4.78, 5) is 43.8. The summed E-state index contributed by atoms with van der Waals surface area (Å²) in [5.41, 5.74) is 1.05. The number of methoxy groups -OCH3 is 2. The van der Waals surface area contributed by atoms with Crippen molar-refractivity contribution in [1.82, 2.24) is 15.1 Å². The number of hydrogen-bond acceptors (Lipinski definition) is 6. The Balaban J connectivity index is 1.33. The molecule has 3 aliphatic rings. The van der Waals surface area contributed by atoms with Gasteiger partial charge in [0, 0.05) is 45.2 Å². The number of imide groups is 1. The van der Waals surface area contributed by atoms with Crippen molar-refractivity contribution >= 4 is 23.5 Å². The summed E-state index contributed by atoms with van der Waals surface area (Å²) in [5.74, 6) is 0.408. The number of nitrogens with one attached hydrogen (secondary N) is 1. The molecule has 0 spiro atoms. The number of piperazine rings is 1. The molecule has 4 rings (SSSR count). The topological polar surface area (TPSA) is 91.4 Å². The van der Waals surface area contributed by atoms with Gasteiger partial charge in [-0.3, -0.25) is 14.5 Å². The molecule has 1 saturated carbocycles. The minimum atomic E-state index is -0.383. The van der Waals surface area contributed by atoms with E-state index in [9.17, 15) is 14.4 Å². The van der Waals surface area contributed by atoms with Crippen LogP contribution in [0.15, 0.2) is 24.3 Å². The maximum Gasteiger partial charge on any atom is 0.324 e. The number of amides is 4. The molecule has 32 heavy (non-hydrogen) atoms. The predicted molar refractivity (Wildman–Crippen MR) is 119 cm³/mol. The van der Waals surface area contributed by atoms with Crippen LogP contribution in [0.25, 0.3) is 0 Å². The van der Waals surface area contributed by atoms with E-state index < -0.39 is 0 Å². The fourth-order valence-corrected chi connectivity index (χ4v) is 5.10. The van der Waals surface area contributed by atoms with Gasteiger partial charge in [0.05, 0.1) is 31.9 Å². The zero-order chi connectivity index (χ0) is 22.7. The number of anilines is 1. The van der Waals surface area contributed by atoms with E-state index in [0.29, 0.717) is 39.0 Å². The van der Waals surface area contributed by atoms with Crippen molar-refractivity contribution in [3.63, 3.8) is 0 Å². The number of fused-ring (bicyclic) bond motifs is 1. The van der Waals surface area contributed by atoms with Gasteiger partial charge in [0.15, 0.2) is 0 Å². The molecule has 1 N–H and O–H groups in total. The normalized spacial score (nSPS) is 25.9. The molecule has 3 atom stereocenters. The molecule has 2 saturated heterocycles. The summed E-state index contributed by atoms with van der Waals surface area (Å²) in [7, 11) is 3.21. The number of ether oxygens (including phenoxy) is 2. The highest BCUT2D eigenvalue weighted by Crippen LogP contribution is 2.34. The number of rotatable bonds is 6. The van der Waals surface area contributed by atoms with Crippen molar-refractivity contribution in [2.45, 2.75) is 25.3 Å². The lowest BCUT2D eigenvalue weighted by atomic mass is 9.76. The monoisotopic (exact) mass is 444 g/mol. The van der Waals surface area contributed by atoms with E-state index in [-0.39, 0.29) is 42.3 Å². The van der Waals surface area contributed by atoms with Gasteiger partial charge in [-0.2, -0.15) is 0 Å². The number of benzene rings is 1. The number of hydrogen-bond donors (Lipinski definition) is 1. The summed E-state index contributed by atoms with van der Waals surface area (Å²) < 4.78 is 10.5. The first-order chi connectivity index (χ1) is 15.5. The van der Waals surface area contributed by atoms with Gasteiger partial charge in [0.25, 0.3) is 0 Å². The molecule has 3 unspecified atom stereocenters. The number of nitrogens with zero attached hydrogens (tertiary/aromatic N) is 3. The molecule has 2 heterocycles. The summed E-state index contributed by atoms with van der Waals surface area (Å²) in [6.07, 6.45) is 1.81. The number of urea groups is 1. The molecular formula is C23H32N4O5. The number of carbonyl (C=O) groups excluding carboxylic acids is 3. The molecule has 0 aromatic heterocycles. The molecule has 0 radical (unpaired) electrons. The Morgan fingerprint density at radius 1 is 1.09 bits per heavy atom. The lowest BCUT2D eigenvalue weighted by Crippen LogP contribution is -2.62. The van der Waals surface area contributed by atoms with E-state index in [1.54, 1.807) is 14.2 Å². The fourth-order valence-electron chi connectivity index (χ4n) is 5.10. The van der Waals surface area contributed by atoms with Gasteiger partial charge in [0.1, 0.15) is 5.75 Å². The van der Waals surface area contributed by atoms with E-state index in [1.807, 2.05) is 29.2 Å². The van der Waals surface area contributed by atoms with Gasteiger partial charge in [-0.05, 0) is 31.4 Å². The third-order valence-electron chi connectivity index (χ3n) is 6.87. The van der Waals surface area contributed by atoms with E-state index in [2.05, 4.69) is 10.2 Å². The highest BCUT2D eigenvalue weighted by Gasteiger charge is 2.46. The van der Waals surface area contributed by atoms with Gasteiger partial charge in [-0.25, -0.2) is 4.79 Å². The average molecular weight is 445 g/mol. The Morgan fingerprint density at radius 2 is 1.84 bits per heavy atom. The van der Waals surface area contributed by atoms with E-state index in [4.69, 9.17) is 9.47 Å². The second kappa shape index (κ2) is 9.77. The first-order valence-electron chi connectivity index (χ1n) is 11.3. The average Bonchev–Trinajstić information content (AvgIpc) is 2.83. The zero-order valence-corrected chi connectivity index (χ0v) is 18.8. The van der Waals surface area contributed by atoms with Crippen molar-refractivity contribution in [3.05, 3.63) is 24.3 Å². The Labute approximate surface area is 188 Å². The SMILES string of the molecule is COCCN1C(=O)NC2CC(C(=O)N3CCN(c4ccccc4OC)CC3)CCC2C1=O. The van der Waals surface area contributed by atoms with Crippen LogP contribution in [-0.2, 0) is 14.3 Å².